The summed E-state index contributed by atoms with van der Waals surface area (Å²) < 4.78 is 0. The fourth-order valence-electron chi connectivity index (χ4n) is 1.02. The van der Waals surface area contributed by atoms with Crippen molar-refractivity contribution in [2.24, 2.45) is 11.5 Å². The van der Waals surface area contributed by atoms with Crippen molar-refractivity contribution in [2.45, 2.75) is 0 Å². The molecule has 0 atom stereocenters. The van der Waals surface area contributed by atoms with E-state index in [9.17, 15) is 4.79 Å². The first-order valence-electron chi connectivity index (χ1n) is 4.30. The van der Waals surface area contributed by atoms with Gasteiger partial charge in [0, 0.05) is 39.3 Å². The van der Waals surface area contributed by atoms with Crippen molar-refractivity contribution in [3.63, 3.8) is 0 Å². The van der Waals surface area contributed by atoms with Crippen molar-refractivity contribution in [1.82, 2.24) is 10.2 Å². The molecule has 0 aromatic heterocycles. The third kappa shape index (κ3) is 7.51. The molecule has 6 N–H and O–H groups in total. The Bertz CT molecular complexity index is 136. The Labute approximate surface area is 77.9 Å². The van der Waals surface area contributed by atoms with E-state index in [-0.39, 0.29) is 0 Å². The molecule has 0 heterocycles. The lowest BCUT2D eigenvalue weighted by Gasteiger charge is -2.20. The predicted molar refractivity (Wildman–Crippen MR) is 50.6 cm³/mol. The fraction of sp³-hybridized carbons (Fsp3) is 0.857. The van der Waals surface area contributed by atoms with Crippen LogP contribution in [0, 0.1) is 0 Å². The van der Waals surface area contributed by atoms with Gasteiger partial charge in [-0.15, -0.1) is 0 Å². The third-order valence-electron chi connectivity index (χ3n) is 1.59. The Morgan fingerprint density at radius 2 is 1.77 bits per heavy atom. The first kappa shape index (κ1) is 12.2. The number of amides is 1. The molecule has 0 saturated heterocycles. The number of hydrogen-bond acceptors (Lipinski definition) is 4. The van der Waals surface area contributed by atoms with Crippen molar-refractivity contribution >= 4 is 6.09 Å². The van der Waals surface area contributed by atoms with Gasteiger partial charge in [0.15, 0.2) is 0 Å². The molecule has 0 aliphatic rings. The van der Waals surface area contributed by atoms with E-state index < -0.39 is 6.09 Å². The van der Waals surface area contributed by atoms with Gasteiger partial charge >= 0.3 is 6.09 Å². The van der Waals surface area contributed by atoms with Crippen LogP contribution < -0.4 is 16.8 Å². The maximum atomic E-state index is 10.1. The van der Waals surface area contributed by atoms with Crippen LogP contribution >= 0.6 is 0 Å². The average Bonchev–Trinajstić information content (AvgIpc) is 2.04. The van der Waals surface area contributed by atoms with Crippen LogP contribution in [0.3, 0.4) is 0 Å². The Morgan fingerprint density at radius 1 is 1.23 bits per heavy atom. The maximum Gasteiger partial charge on any atom is 0.404 e. The summed E-state index contributed by atoms with van der Waals surface area (Å²) in [7, 11) is 0. The van der Waals surface area contributed by atoms with Crippen molar-refractivity contribution in [3.8, 4) is 0 Å². The van der Waals surface area contributed by atoms with Gasteiger partial charge in [-0.25, -0.2) is 4.79 Å². The summed E-state index contributed by atoms with van der Waals surface area (Å²) in [5, 5.41) is 10.6. The van der Waals surface area contributed by atoms with E-state index in [1.807, 2.05) is 4.90 Å². The summed E-state index contributed by atoms with van der Waals surface area (Å²) in [6, 6.07) is 0. The van der Waals surface area contributed by atoms with Crippen molar-refractivity contribution in [1.29, 1.82) is 0 Å². The van der Waals surface area contributed by atoms with Gasteiger partial charge in [-0.1, -0.05) is 0 Å². The Balaban J connectivity index is 3.49. The Morgan fingerprint density at radius 3 is 2.15 bits per heavy atom. The lowest BCUT2D eigenvalue weighted by molar-refractivity contribution is 0.191. The smallest absolute Gasteiger partial charge is 0.404 e. The molecule has 0 rings (SSSR count). The number of carboxylic acid groups (broad SMARTS) is 1. The zero-order chi connectivity index (χ0) is 10.1. The molecule has 0 aromatic rings. The van der Waals surface area contributed by atoms with Gasteiger partial charge in [-0.2, -0.15) is 0 Å². The number of hydrogen-bond donors (Lipinski definition) is 4. The first-order chi connectivity index (χ1) is 6.20. The molecular weight excluding hydrogens is 172 g/mol. The second kappa shape index (κ2) is 7.78. The highest BCUT2D eigenvalue weighted by molar-refractivity contribution is 5.64. The monoisotopic (exact) mass is 190 g/mol. The van der Waals surface area contributed by atoms with Crippen molar-refractivity contribution < 1.29 is 9.90 Å². The van der Waals surface area contributed by atoms with Crippen molar-refractivity contribution in [2.75, 3.05) is 39.3 Å². The molecule has 0 radical (unpaired) electrons. The van der Waals surface area contributed by atoms with E-state index in [1.165, 1.54) is 0 Å². The van der Waals surface area contributed by atoms with Crippen LogP contribution in [0.15, 0.2) is 0 Å². The summed E-state index contributed by atoms with van der Waals surface area (Å²) >= 11 is 0. The summed E-state index contributed by atoms with van der Waals surface area (Å²) in [5.41, 5.74) is 10.7. The molecule has 78 valence electrons. The highest BCUT2D eigenvalue weighted by atomic mass is 16.4. The van der Waals surface area contributed by atoms with Gasteiger partial charge in [0.05, 0.1) is 0 Å². The van der Waals surface area contributed by atoms with E-state index in [1.54, 1.807) is 0 Å². The van der Waals surface area contributed by atoms with Gasteiger partial charge in [0.25, 0.3) is 0 Å². The second-order valence-corrected chi connectivity index (χ2v) is 2.65. The minimum Gasteiger partial charge on any atom is -0.465 e. The summed E-state index contributed by atoms with van der Waals surface area (Å²) in [4.78, 5) is 12.1. The molecule has 0 unspecified atom stereocenters. The zero-order valence-corrected chi connectivity index (χ0v) is 7.70. The predicted octanol–water partition coefficient (Wildman–Crippen LogP) is -1.53. The molecule has 6 heteroatoms. The lowest BCUT2D eigenvalue weighted by Crippen LogP contribution is -2.39. The standard InChI is InChI=1S/C7H18N4O2/c8-1-4-11(5-2-9)6-3-10-7(12)13/h10H,1-6,8-9H2,(H,12,13). The van der Waals surface area contributed by atoms with Crippen LogP contribution in [0.25, 0.3) is 0 Å². The molecule has 0 aromatic carbocycles. The molecule has 1 amide bonds. The normalized spacial score (nSPS) is 10.4. The van der Waals surface area contributed by atoms with Gasteiger partial charge in [-0.3, -0.25) is 4.90 Å². The first-order valence-corrected chi connectivity index (χ1v) is 4.30. The molecule has 0 fully saturated rings. The second-order valence-electron chi connectivity index (χ2n) is 2.65. The topological polar surface area (TPSA) is 105 Å². The Hall–Kier alpha value is -0.850. The van der Waals surface area contributed by atoms with E-state index in [0.717, 1.165) is 13.1 Å². The number of nitrogens with one attached hydrogen (secondary N) is 1. The van der Waals surface area contributed by atoms with Gasteiger partial charge in [0.1, 0.15) is 0 Å². The van der Waals surface area contributed by atoms with E-state index in [0.29, 0.717) is 26.2 Å². The zero-order valence-electron chi connectivity index (χ0n) is 7.70. The van der Waals surface area contributed by atoms with Crippen LogP contribution in [0.4, 0.5) is 4.79 Å². The lowest BCUT2D eigenvalue weighted by atomic mass is 10.4. The third-order valence-corrected chi connectivity index (χ3v) is 1.59. The van der Waals surface area contributed by atoms with Crippen LogP contribution in [0.2, 0.25) is 0 Å². The molecule has 6 nitrogen and oxygen atoms in total. The summed E-state index contributed by atoms with van der Waals surface area (Å²) in [6.45, 7) is 3.69. The van der Waals surface area contributed by atoms with Crippen LogP contribution in [-0.4, -0.2) is 55.4 Å². The van der Waals surface area contributed by atoms with E-state index >= 15 is 0 Å². The molecule has 0 spiro atoms. The minimum absolute atomic E-state index is 0.412. The van der Waals surface area contributed by atoms with Crippen molar-refractivity contribution in [3.05, 3.63) is 0 Å². The van der Waals surface area contributed by atoms with E-state index in [2.05, 4.69) is 5.32 Å². The fourth-order valence-corrected chi connectivity index (χ4v) is 1.02. The minimum atomic E-state index is -1.000. The molecule has 13 heavy (non-hydrogen) atoms. The molecule has 0 aliphatic heterocycles. The number of nitrogens with two attached hydrogens (primary N) is 2. The largest absolute Gasteiger partial charge is 0.465 e. The van der Waals surface area contributed by atoms with Gasteiger partial charge in [0.2, 0.25) is 0 Å². The summed E-state index contributed by atoms with van der Waals surface area (Å²) in [6.07, 6.45) is -1.000. The van der Waals surface area contributed by atoms with Gasteiger partial charge in [-0.05, 0) is 0 Å². The SMILES string of the molecule is NCCN(CCN)CCNC(=O)O. The van der Waals surface area contributed by atoms with Crippen LogP contribution in [0.5, 0.6) is 0 Å². The number of rotatable bonds is 7. The maximum absolute atomic E-state index is 10.1. The molecule has 0 aliphatic carbocycles. The molecule has 0 bridgehead atoms. The Kier molecular flexibility index (Phi) is 7.27. The summed E-state index contributed by atoms with van der Waals surface area (Å²) in [5.74, 6) is 0. The van der Waals surface area contributed by atoms with E-state index in [4.69, 9.17) is 16.6 Å². The highest BCUT2D eigenvalue weighted by Gasteiger charge is 2.02. The highest BCUT2D eigenvalue weighted by Crippen LogP contribution is 1.83. The van der Waals surface area contributed by atoms with Crippen LogP contribution in [0.1, 0.15) is 0 Å². The number of nitrogens with zero attached hydrogens (tertiary/aromatic N) is 1. The van der Waals surface area contributed by atoms with Crippen LogP contribution in [-0.2, 0) is 0 Å². The number of carbonyl (C=O) groups is 1. The van der Waals surface area contributed by atoms with Gasteiger partial charge < -0.3 is 21.9 Å². The molecule has 0 saturated carbocycles. The average molecular weight is 190 g/mol. The molecular formula is C7H18N4O2. The quantitative estimate of drug-likeness (QED) is 0.390.